The largest absolute Gasteiger partial charge is 0.493 e. The van der Waals surface area contributed by atoms with Gasteiger partial charge in [0.05, 0.1) is 13.7 Å². The molecule has 0 saturated carbocycles. The molecule has 0 N–H and O–H groups in total. The van der Waals surface area contributed by atoms with Crippen molar-refractivity contribution in [1.29, 1.82) is 0 Å². The molecule has 0 unspecified atom stereocenters. The third-order valence-corrected chi connectivity index (χ3v) is 12.5. The summed E-state index contributed by atoms with van der Waals surface area (Å²) in [4.78, 5) is 8.70. The zero-order chi connectivity index (χ0) is 51.6. The van der Waals surface area contributed by atoms with E-state index in [1.807, 2.05) is 98.0 Å². The van der Waals surface area contributed by atoms with Crippen molar-refractivity contribution < 1.29 is 34.8 Å². The summed E-state index contributed by atoms with van der Waals surface area (Å²) in [5.74, 6) is 0.810. The summed E-state index contributed by atoms with van der Waals surface area (Å²) >= 11 is 0. The number of hydrogen-bond acceptors (Lipinski definition) is 3. The van der Waals surface area contributed by atoms with Gasteiger partial charge in [0, 0.05) is 61.0 Å². The van der Waals surface area contributed by atoms with Gasteiger partial charge in [-0.25, -0.2) is 4.98 Å². The smallest absolute Gasteiger partial charge is 0.135 e. The van der Waals surface area contributed by atoms with Gasteiger partial charge in [0.2, 0.25) is 0 Å². The summed E-state index contributed by atoms with van der Waals surface area (Å²) in [5, 5.41) is 2.16. The molecule has 63 heavy (non-hydrogen) atoms. The number of pyridine rings is 1. The van der Waals surface area contributed by atoms with Crippen LogP contribution in [0.25, 0.3) is 49.9 Å². The molecule has 1 aliphatic heterocycles. The Labute approximate surface area is 401 Å². The van der Waals surface area contributed by atoms with Gasteiger partial charge in [0.25, 0.3) is 0 Å². The van der Waals surface area contributed by atoms with Gasteiger partial charge in [-0.15, -0.1) is 17.7 Å². The summed E-state index contributed by atoms with van der Waals surface area (Å²) in [5.41, 5.74) is 8.76. The van der Waals surface area contributed by atoms with Crippen molar-refractivity contribution in [3.05, 3.63) is 210 Å². The number of aromatic nitrogens is 2. The fourth-order valence-corrected chi connectivity index (χ4v) is 8.83. The first kappa shape index (κ1) is 31.6. The molecule has 5 heteroatoms. The summed E-state index contributed by atoms with van der Waals surface area (Å²) in [7, 11) is 0. The van der Waals surface area contributed by atoms with Gasteiger partial charge >= 0.3 is 0 Å². The third-order valence-electron chi connectivity index (χ3n) is 12.5. The Hall–Kier alpha value is -6.22. The molecular weight excluding hydrogens is 948 g/mol. The first-order chi connectivity index (χ1) is 34.1. The van der Waals surface area contributed by atoms with E-state index in [2.05, 4.69) is 87.7 Å². The molecule has 0 fully saturated rings. The van der Waals surface area contributed by atoms with Crippen LogP contribution < -0.4 is 9.80 Å². The van der Waals surface area contributed by atoms with E-state index in [4.69, 9.17) is 13.2 Å². The Kier molecular flexibility index (Phi) is 8.10. The summed E-state index contributed by atoms with van der Waals surface area (Å²) in [6.07, 6.45) is 1.87. The van der Waals surface area contributed by atoms with Crippen molar-refractivity contribution in [3.63, 3.8) is 0 Å². The maximum atomic E-state index is 9.27. The number of nitrogens with zero attached hydrogens (tertiary/aromatic N) is 4. The van der Waals surface area contributed by atoms with Crippen molar-refractivity contribution in [1.82, 2.24) is 9.55 Å². The molecule has 0 aliphatic carbocycles. The van der Waals surface area contributed by atoms with E-state index in [1.54, 1.807) is 0 Å². The second-order valence-electron chi connectivity index (χ2n) is 17.5. The number of benzene rings is 7. The van der Waals surface area contributed by atoms with Crippen LogP contribution in [0.5, 0.6) is 0 Å². The van der Waals surface area contributed by atoms with Crippen LogP contribution in [-0.2, 0) is 31.9 Å². The van der Waals surface area contributed by atoms with Gasteiger partial charge < -0.3 is 14.4 Å². The molecular formula is C58H51N4Pt-3. The number of hydrogen-bond donors (Lipinski definition) is 0. The Bertz CT molecular complexity index is 3610. The molecule has 0 spiro atoms. The van der Waals surface area contributed by atoms with Gasteiger partial charge in [-0.3, -0.25) is 0 Å². The van der Waals surface area contributed by atoms with Crippen LogP contribution in [0.4, 0.5) is 22.7 Å². The first-order valence-electron chi connectivity index (χ1n) is 25.8. The van der Waals surface area contributed by atoms with Gasteiger partial charge in [-0.2, -0.15) is 53.6 Å². The van der Waals surface area contributed by atoms with Crippen LogP contribution >= 0.6 is 0 Å². The fraction of sp³-hybridized carbons (Fsp3) is 0.172. The van der Waals surface area contributed by atoms with Crippen molar-refractivity contribution in [2.75, 3.05) is 9.80 Å². The summed E-state index contributed by atoms with van der Waals surface area (Å²) in [6, 6.07) is 33.1. The molecule has 1 aliphatic rings. The van der Waals surface area contributed by atoms with E-state index in [0.29, 0.717) is 33.8 Å². The van der Waals surface area contributed by atoms with Crippen molar-refractivity contribution in [2.24, 2.45) is 0 Å². The van der Waals surface area contributed by atoms with Crippen LogP contribution in [0, 0.1) is 39.6 Å². The van der Waals surface area contributed by atoms with E-state index in [-0.39, 0.29) is 48.7 Å². The SMILES string of the molecule is [2H]c1c([2H])c([2H])c(-c2c(C)c(C)c(C)c(-c3c([2H])c([2H])c([2H])c([2H])c3[2H])c2N2[CH-]N(c3[c-]c(C(C)(C)c4[c-]c5c(cc4)c4ccccc4n5-c4cc(C(C)(C)C)ccn4)ccc3)c3ccccc32)c([2H])c1[2H].[Pt]. The van der Waals surface area contributed by atoms with E-state index in [9.17, 15) is 5.48 Å². The molecule has 0 atom stereocenters. The van der Waals surface area contributed by atoms with E-state index >= 15 is 0 Å². The molecule has 0 amide bonds. The van der Waals surface area contributed by atoms with Crippen molar-refractivity contribution in [2.45, 2.75) is 66.2 Å². The Morgan fingerprint density at radius 1 is 0.603 bits per heavy atom. The second-order valence-corrected chi connectivity index (χ2v) is 17.5. The van der Waals surface area contributed by atoms with Crippen LogP contribution in [-0.4, -0.2) is 9.55 Å². The normalized spacial score (nSPS) is 15.0. The number of para-hydroxylation sites is 3. The van der Waals surface area contributed by atoms with Crippen LogP contribution in [0.3, 0.4) is 0 Å². The average Bonchev–Trinajstić information content (AvgIpc) is 3.92. The van der Waals surface area contributed by atoms with Gasteiger partial charge in [-0.1, -0.05) is 131 Å². The maximum absolute atomic E-state index is 9.27. The topological polar surface area (TPSA) is 24.3 Å². The van der Waals surface area contributed by atoms with Gasteiger partial charge in [-0.05, 0) is 101 Å². The Balaban J connectivity index is 0.00000656. The van der Waals surface area contributed by atoms with Gasteiger partial charge in [0.15, 0.2) is 0 Å². The van der Waals surface area contributed by atoms with Crippen LogP contribution in [0.2, 0.25) is 0 Å². The van der Waals surface area contributed by atoms with Crippen LogP contribution in [0.1, 0.15) is 81.7 Å². The number of fused-ring (bicyclic) bond motifs is 4. The van der Waals surface area contributed by atoms with Crippen LogP contribution in [0.15, 0.2) is 158 Å². The third kappa shape index (κ3) is 7.10. The molecule has 10 rings (SSSR count). The molecule has 2 aromatic heterocycles. The fourth-order valence-electron chi connectivity index (χ4n) is 8.83. The van der Waals surface area contributed by atoms with Crippen molar-refractivity contribution in [3.8, 4) is 28.1 Å². The van der Waals surface area contributed by atoms with Gasteiger partial charge in [0.1, 0.15) is 5.82 Å². The minimum absolute atomic E-state index is 0. The van der Waals surface area contributed by atoms with E-state index in [1.165, 1.54) is 5.56 Å². The molecule has 3 heterocycles. The van der Waals surface area contributed by atoms with E-state index in [0.717, 1.165) is 44.4 Å². The molecule has 0 saturated heterocycles. The predicted octanol–water partition coefficient (Wildman–Crippen LogP) is 15.1. The Morgan fingerprint density at radius 2 is 1.21 bits per heavy atom. The monoisotopic (exact) mass is 1010 g/mol. The maximum Gasteiger partial charge on any atom is 0.135 e. The second kappa shape index (κ2) is 16.2. The number of anilines is 4. The van der Waals surface area contributed by atoms with Crippen molar-refractivity contribution >= 4 is 44.6 Å². The molecule has 0 bridgehead atoms. The summed E-state index contributed by atoms with van der Waals surface area (Å²) in [6.45, 7) is 18.2. The first-order valence-corrected chi connectivity index (χ1v) is 20.8. The molecule has 4 nitrogen and oxygen atoms in total. The predicted molar refractivity (Wildman–Crippen MR) is 260 cm³/mol. The minimum atomic E-state index is -0.640. The zero-order valence-corrected chi connectivity index (χ0v) is 38.7. The molecule has 7 aromatic carbocycles. The van der Waals surface area contributed by atoms with E-state index < -0.39 is 65.8 Å². The molecule has 9 aromatic rings. The quantitative estimate of drug-likeness (QED) is 0.149. The summed E-state index contributed by atoms with van der Waals surface area (Å²) < 4.78 is 91.2. The Morgan fingerprint density at radius 3 is 1.86 bits per heavy atom. The minimum Gasteiger partial charge on any atom is -0.493 e. The zero-order valence-electron chi connectivity index (χ0n) is 46.4. The standard InChI is InChI=1S/C58H51N4.Pt/c1-38-39(2)54(41-20-11-9-12-21-41)56(55(40(38)3)42-22-13-10-14-23-42)61-37-60(50-28-17-18-29-51(50)61)46-25-19-24-44(34-46)58(7,8)45-30-31-48-47-26-15-16-27-49(47)62(52(48)35-45)53-36-43(32-33-59-53)57(4,5)6;/h9-33,36-37H,1-8H3;/q-3;/i9D,10D,11D,12D,13D,14D,20D,21D,22D,23D;. The molecule has 316 valence electrons. The average molecular weight is 1010 g/mol. The molecule has 0 radical (unpaired) electrons. The number of rotatable bonds is 7.